The van der Waals surface area contributed by atoms with Gasteiger partial charge in [0.25, 0.3) is 0 Å². The molecule has 12 heteroatoms. The molecule has 220 valence electrons. The maximum atomic E-state index is 14.3. The topological polar surface area (TPSA) is 0 Å². The second kappa shape index (κ2) is 9.90. The van der Waals surface area contributed by atoms with Crippen molar-refractivity contribution >= 4 is 0 Å². The first-order valence-corrected chi connectivity index (χ1v) is 11.6. The molecule has 0 radical (unpaired) electrons. The van der Waals surface area contributed by atoms with Gasteiger partial charge < -0.3 is 0 Å². The molecule has 0 bridgehead atoms. The summed E-state index contributed by atoms with van der Waals surface area (Å²) in [5, 5.41) is 0. The highest BCUT2D eigenvalue weighted by atomic mass is 19.4. The fourth-order valence-corrected chi connectivity index (χ4v) is 4.90. The average molecular weight is 580 g/mol. The third kappa shape index (κ3) is 6.67. The van der Waals surface area contributed by atoms with Crippen molar-refractivity contribution < 1.29 is 52.7 Å². The first kappa shape index (κ1) is 32.8. The Bertz CT molecular complexity index is 982. The van der Waals surface area contributed by atoms with Gasteiger partial charge in [0, 0.05) is 0 Å². The van der Waals surface area contributed by atoms with Gasteiger partial charge in [-0.15, -0.1) is 0 Å². The summed E-state index contributed by atoms with van der Waals surface area (Å²) in [6, 6.07) is 5.76. The van der Waals surface area contributed by atoms with E-state index in [2.05, 4.69) is 0 Å². The number of alkyl halides is 12. The van der Waals surface area contributed by atoms with Crippen LogP contribution in [0.1, 0.15) is 63.8 Å². The molecule has 0 saturated heterocycles. The Labute approximate surface area is 218 Å². The molecule has 0 amide bonds. The summed E-state index contributed by atoms with van der Waals surface area (Å²) in [6.45, 7) is 9.60. The average Bonchev–Trinajstić information content (AvgIpc) is 2.68. The fourth-order valence-electron chi connectivity index (χ4n) is 4.90. The molecule has 0 N–H and O–H groups in total. The van der Waals surface area contributed by atoms with Crippen LogP contribution in [0.3, 0.4) is 0 Å². The molecule has 2 rings (SSSR count). The van der Waals surface area contributed by atoms with E-state index < -0.39 is 63.9 Å². The third-order valence-electron chi connectivity index (χ3n) is 6.68. The fraction of sp³-hybridized carbons (Fsp3) is 0.556. The maximum Gasteiger partial charge on any atom is 0.401 e. The maximum absolute atomic E-state index is 14.3. The van der Waals surface area contributed by atoms with E-state index >= 15 is 0 Å². The van der Waals surface area contributed by atoms with Gasteiger partial charge >= 0.3 is 24.7 Å². The monoisotopic (exact) mass is 580 g/mol. The van der Waals surface area contributed by atoms with Crippen LogP contribution >= 0.6 is 0 Å². The summed E-state index contributed by atoms with van der Waals surface area (Å²) in [4.78, 5) is 0. The zero-order chi connectivity index (χ0) is 30.6. The van der Waals surface area contributed by atoms with Crippen LogP contribution in [0.5, 0.6) is 0 Å². The summed E-state index contributed by atoms with van der Waals surface area (Å²) in [5.41, 5.74) is -8.53. The van der Waals surface area contributed by atoms with E-state index in [0.29, 0.717) is 24.3 Å². The minimum Gasteiger partial charge on any atom is -0.170 e. The van der Waals surface area contributed by atoms with Crippen LogP contribution in [-0.4, -0.2) is 24.7 Å². The Kier molecular flexibility index (Phi) is 8.33. The molecule has 2 aromatic rings. The van der Waals surface area contributed by atoms with Crippen molar-refractivity contribution in [1.29, 1.82) is 0 Å². The van der Waals surface area contributed by atoms with Crippen molar-refractivity contribution in [3.8, 4) is 0 Å². The van der Waals surface area contributed by atoms with Gasteiger partial charge in [-0.2, -0.15) is 52.7 Å². The van der Waals surface area contributed by atoms with Gasteiger partial charge in [-0.1, -0.05) is 90.1 Å². The van der Waals surface area contributed by atoms with Gasteiger partial charge in [0.1, 0.15) is 0 Å². The number of rotatable bonds is 4. The van der Waals surface area contributed by atoms with E-state index in [4.69, 9.17) is 0 Å². The second-order valence-electron chi connectivity index (χ2n) is 11.6. The van der Waals surface area contributed by atoms with E-state index in [0.717, 1.165) is 24.3 Å². The molecule has 0 fully saturated rings. The lowest BCUT2D eigenvalue weighted by Gasteiger charge is -2.49. The molecule has 0 aliphatic rings. The lowest BCUT2D eigenvalue weighted by atomic mass is 9.57. The van der Waals surface area contributed by atoms with Crippen LogP contribution < -0.4 is 0 Å². The predicted molar refractivity (Wildman–Crippen MR) is 122 cm³/mol. The van der Waals surface area contributed by atoms with Crippen LogP contribution in [0.4, 0.5) is 52.7 Å². The van der Waals surface area contributed by atoms with E-state index in [1.807, 2.05) is 0 Å². The number of benzene rings is 2. The molecule has 39 heavy (non-hydrogen) atoms. The summed E-state index contributed by atoms with van der Waals surface area (Å²) in [6.07, 6.45) is -26.2. The third-order valence-corrected chi connectivity index (χ3v) is 6.68. The van der Waals surface area contributed by atoms with Crippen LogP contribution in [0.2, 0.25) is 0 Å². The lowest BCUT2D eigenvalue weighted by Crippen LogP contribution is -2.62. The van der Waals surface area contributed by atoms with E-state index in [1.165, 1.54) is 0 Å². The number of halogens is 12. The summed E-state index contributed by atoms with van der Waals surface area (Å²) in [5.74, 6) is -10.1. The Morgan fingerprint density at radius 3 is 0.692 bits per heavy atom. The molecule has 0 heterocycles. The normalized spacial score (nSPS) is 14.9. The molecule has 0 aliphatic carbocycles. The molecule has 0 nitrogen and oxygen atoms in total. The number of hydrogen-bond donors (Lipinski definition) is 0. The number of hydrogen-bond acceptors (Lipinski definition) is 0. The summed E-state index contributed by atoms with van der Waals surface area (Å²) >= 11 is 0. The Balaban J connectivity index is 3.28. The molecule has 0 unspecified atom stereocenters. The van der Waals surface area contributed by atoms with Gasteiger partial charge in [-0.05, 0) is 33.1 Å². The first-order chi connectivity index (χ1) is 17.2. The molecule has 0 saturated carbocycles. The quantitative estimate of drug-likeness (QED) is 0.316. The largest absolute Gasteiger partial charge is 0.401 e. The Hall–Kier alpha value is -2.40. The van der Waals surface area contributed by atoms with Crippen LogP contribution in [0.25, 0.3) is 0 Å². The minimum atomic E-state index is -6.56. The van der Waals surface area contributed by atoms with Crippen molar-refractivity contribution in [1.82, 2.24) is 0 Å². The summed E-state index contributed by atoms with van der Waals surface area (Å²) < 4.78 is 172. The molecule has 0 atom stereocenters. The molecule has 0 aliphatic heterocycles. The predicted octanol–water partition coefficient (Wildman–Crippen LogP) is 10.0. The van der Waals surface area contributed by atoms with E-state index in [1.54, 1.807) is 41.5 Å². The van der Waals surface area contributed by atoms with Gasteiger partial charge in [-0.25, -0.2) is 0 Å². The molecule has 0 aromatic heterocycles. The molecule has 2 aromatic carbocycles. The van der Waals surface area contributed by atoms with Crippen molar-refractivity contribution in [2.45, 2.75) is 82.5 Å². The van der Waals surface area contributed by atoms with Crippen LogP contribution in [0.15, 0.2) is 48.5 Å². The van der Waals surface area contributed by atoms with Gasteiger partial charge in [0.05, 0.1) is 5.41 Å². The Morgan fingerprint density at radius 1 is 0.359 bits per heavy atom. The van der Waals surface area contributed by atoms with E-state index in [-0.39, 0.29) is 11.1 Å². The van der Waals surface area contributed by atoms with Crippen molar-refractivity contribution in [2.24, 2.45) is 11.8 Å². The molecular formula is C27H28F12. The molecular weight excluding hydrogens is 552 g/mol. The van der Waals surface area contributed by atoms with Crippen molar-refractivity contribution in [3.05, 3.63) is 70.8 Å². The van der Waals surface area contributed by atoms with Crippen LogP contribution in [-0.2, 0) is 16.2 Å². The zero-order valence-corrected chi connectivity index (χ0v) is 21.8. The summed E-state index contributed by atoms with van der Waals surface area (Å²) in [7, 11) is 0. The minimum absolute atomic E-state index is 0.273. The van der Waals surface area contributed by atoms with Gasteiger partial charge in [0.15, 0.2) is 11.8 Å². The smallest absolute Gasteiger partial charge is 0.170 e. The van der Waals surface area contributed by atoms with Gasteiger partial charge in [-0.3, -0.25) is 0 Å². The lowest BCUT2D eigenvalue weighted by molar-refractivity contribution is -0.350. The Morgan fingerprint density at radius 2 is 0.538 bits per heavy atom. The highest BCUT2D eigenvalue weighted by Crippen LogP contribution is 2.63. The highest BCUT2D eigenvalue weighted by molar-refractivity contribution is 5.47. The van der Waals surface area contributed by atoms with Crippen LogP contribution in [0, 0.1) is 11.8 Å². The zero-order valence-electron chi connectivity index (χ0n) is 21.8. The van der Waals surface area contributed by atoms with E-state index in [9.17, 15) is 52.7 Å². The first-order valence-electron chi connectivity index (χ1n) is 11.6. The van der Waals surface area contributed by atoms with Crippen molar-refractivity contribution in [2.75, 3.05) is 0 Å². The second-order valence-corrected chi connectivity index (χ2v) is 11.6. The van der Waals surface area contributed by atoms with Gasteiger partial charge in [0.2, 0.25) is 0 Å². The standard InChI is InChI=1S/C27H28F12/c1-21(2,3)15-7-11-17(12-8-15)23(19(24(28,29)30)25(31,32)33,20(26(34,35)36)27(37,38)39)18-13-9-16(10-14-18)22(4,5)6/h7-14,19-20H,1-6H3. The van der Waals surface area contributed by atoms with Crippen molar-refractivity contribution in [3.63, 3.8) is 0 Å². The molecule has 0 spiro atoms. The SMILES string of the molecule is CC(C)(C)c1ccc(C(c2ccc(C(C)(C)C)cc2)(C(C(F)(F)F)C(F)(F)F)C(C(F)(F)F)C(F)(F)F)cc1. The highest BCUT2D eigenvalue weighted by Gasteiger charge is 2.78.